The first-order valence-electron chi connectivity index (χ1n) is 6.31. The number of carbonyl (C=O) groups is 1. The van der Waals surface area contributed by atoms with Crippen LogP contribution in [0.25, 0.3) is 0 Å². The summed E-state index contributed by atoms with van der Waals surface area (Å²) in [5.41, 5.74) is 6.77. The van der Waals surface area contributed by atoms with Crippen molar-refractivity contribution in [2.45, 2.75) is 32.4 Å². The van der Waals surface area contributed by atoms with Crippen molar-refractivity contribution >= 4 is 11.6 Å². The molecule has 1 aliphatic heterocycles. The molecule has 1 aromatic rings. The van der Waals surface area contributed by atoms with Gasteiger partial charge in [-0.15, -0.1) is 0 Å². The Labute approximate surface area is 107 Å². The van der Waals surface area contributed by atoms with E-state index < -0.39 is 0 Å². The summed E-state index contributed by atoms with van der Waals surface area (Å²) in [6.45, 7) is 4.01. The molecular weight excluding hydrogens is 232 g/mol. The highest BCUT2D eigenvalue weighted by atomic mass is 16.5. The van der Waals surface area contributed by atoms with E-state index >= 15 is 0 Å². The first kappa shape index (κ1) is 12.9. The zero-order chi connectivity index (χ0) is 13.1. The molecule has 0 spiro atoms. The van der Waals surface area contributed by atoms with E-state index in [2.05, 4.69) is 5.10 Å². The van der Waals surface area contributed by atoms with Gasteiger partial charge >= 0.3 is 0 Å². The van der Waals surface area contributed by atoms with E-state index in [0.29, 0.717) is 31.1 Å². The maximum atomic E-state index is 12.4. The van der Waals surface area contributed by atoms with Gasteiger partial charge < -0.3 is 15.4 Å². The lowest BCUT2D eigenvalue weighted by Gasteiger charge is -2.31. The second-order valence-corrected chi connectivity index (χ2v) is 4.52. The van der Waals surface area contributed by atoms with Gasteiger partial charge in [0.25, 0.3) is 5.91 Å². The lowest BCUT2D eigenvalue weighted by molar-refractivity contribution is 0.0356. The number of nitrogens with zero attached hydrogens (tertiary/aromatic N) is 3. The average Bonchev–Trinajstić information content (AvgIpc) is 2.79. The minimum Gasteiger partial charge on any atom is -0.396 e. The maximum absolute atomic E-state index is 12.4. The highest BCUT2D eigenvalue weighted by Crippen LogP contribution is 2.18. The number of nitrogen functional groups attached to an aromatic ring is 1. The van der Waals surface area contributed by atoms with Crippen molar-refractivity contribution in [3.8, 4) is 0 Å². The van der Waals surface area contributed by atoms with Crippen LogP contribution in [0, 0.1) is 0 Å². The lowest BCUT2D eigenvalue weighted by Crippen LogP contribution is -2.41. The van der Waals surface area contributed by atoms with Gasteiger partial charge in [0.1, 0.15) is 5.69 Å². The number of anilines is 1. The number of hydrogen-bond acceptors (Lipinski definition) is 4. The Morgan fingerprint density at radius 1 is 1.61 bits per heavy atom. The van der Waals surface area contributed by atoms with Crippen LogP contribution in [-0.4, -0.2) is 46.9 Å². The monoisotopic (exact) mass is 252 g/mol. The van der Waals surface area contributed by atoms with Crippen molar-refractivity contribution in [3.05, 3.63) is 11.9 Å². The number of amides is 1. The van der Waals surface area contributed by atoms with Gasteiger partial charge in [-0.25, -0.2) is 0 Å². The molecule has 18 heavy (non-hydrogen) atoms. The number of hydrogen-bond donors (Lipinski definition) is 1. The molecule has 0 aromatic carbocycles. The largest absolute Gasteiger partial charge is 0.396 e. The van der Waals surface area contributed by atoms with Gasteiger partial charge in [0.2, 0.25) is 0 Å². The van der Waals surface area contributed by atoms with Gasteiger partial charge in [-0.2, -0.15) is 5.10 Å². The molecule has 2 N–H and O–H groups in total. The van der Waals surface area contributed by atoms with Gasteiger partial charge in [-0.1, -0.05) is 0 Å². The summed E-state index contributed by atoms with van der Waals surface area (Å²) in [6, 6.07) is 0.228. The standard InChI is InChI=1S/C12H20N4O2/c1-3-16-11(10(13)8-14-16)12(17)15(2)9-4-6-18-7-5-9/h8-9H,3-7,13H2,1-2H3. The van der Waals surface area contributed by atoms with E-state index in [9.17, 15) is 4.79 Å². The predicted molar refractivity (Wildman–Crippen MR) is 68.2 cm³/mol. The van der Waals surface area contributed by atoms with E-state index in [1.165, 1.54) is 6.20 Å². The third-order valence-corrected chi connectivity index (χ3v) is 3.43. The second kappa shape index (κ2) is 5.39. The fourth-order valence-corrected chi connectivity index (χ4v) is 2.28. The van der Waals surface area contributed by atoms with Crippen LogP contribution in [-0.2, 0) is 11.3 Å². The summed E-state index contributed by atoms with van der Waals surface area (Å²) in [6.07, 6.45) is 3.29. The third-order valence-electron chi connectivity index (χ3n) is 3.43. The predicted octanol–water partition coefficient (Wildman–Crippen LogP) is 0.736. The van der Waals surface area contributed by atoms with E-state index in [4.69, 9.17) is 10.5 Å². The smallest absolute Gasteiger partial charge is 0.274 e. The van der Waals surface area contributed by atoms with Gasteiger partial charge in [-0.05, 0) is 19.8 Å². The molecule has 0 saturated carbocycles. The van der Waals surface area contributed by atoms with Crippen LogP contribution in [0.4, 0.5) is 5.69 Å². The molecule has 1 saturated heterocycles. The molecule has 1 amide bonds. The number of ether oxygens (including phenoxy) is 1. The maximum Gasteiger partial charge on any atom is 0.274 e. The molecule has 6 nitrogen and oxygen atoms in total. The zero-order valence-electron chi connectivity index (χ0n) is 10.9. The first-order valence-corrected chi connectivity index (χ1v) is 6.31. The van der Waals surface area contributed by atoms with Crippen molar-refractivity contribution in [1.29, 1.82) is 0 Å². The fraction of sp³-hybridized carbons (Fsp3) is 0.667. The third kappa shape index (κ3) is 2.33. The normalized spacial score (nSPS) is 16.8. The van der Waals surface area contributed by atoms with E-state index in [-0.39, 0.29) is 11.9 Å². The molecule has 1 aromatic heterocycles. The number of carbonyl (C=O) groups excluding carboxylic acids is 1. The van der Waals surface area contributed by atoms with Crippen LogP contribution in [0.5, 0.6) is 0 Å². The first-order chi connectivity index (χ1) is 8.65. The van der Waals surface area contributed by atoms with Crippen molar-refractivity contribution in [1.82, 2.24) is 14.7 Å². The molecule has 2 rings (SSSR count). The molecule has 6 heteroatoms. The molecule has 0 aliphatic carbocycles. The van der Waals surface area contributed by atoms with Crippen molar-refractivity contribution in [2.24, 2.45) is 0 Å². The SMILES string of the molecule is CCn1ncc(N)c1C(=O)N(C)C1CCOCC1. The Hall–Kier alpha value is -1.56. The highest BCUT2D eigenvalue weighted by Gasteiger charge is 2.26. The number of aryl methyl sites for hydroxylation is 1. The molecule has 0 atom stereocenters. The van der Waals surface area contributed by atoms with Gasteiger partial charge in [0.05, 0.1) is 11.9 Å². The van der Waals surface area contributed by atoms with Crippen LogP contribution in [0.3, 0.4) is 0 Å². The minimum absolute atomic E-state index is 0.0567. The fourth-order valence-electron chi connectivity index (χ4n) is 2.28. The Bertz CT molecular complexity index is 424. The van der Waals surface area contributed by atoms with E-state index in [1.54, 1.807) is 9.58 Å². The summed E-state index contributed by atoms with van der Waals surface area (Å²) in [7, 11) is 1.82. The van der Waals surface area contributed by atoms with E-state index in [0.717, 1.165) is 12.8 Å². The minimum atomic E-state index is -0.0567. The van der Waals surface area contributed by atoms with E-state index in [1.807, 2.05) is 14.0 Å². The Morgan fingerprint density at radius 3 is 2.89 bits per heavy atom. The van der Waals surface area contributed by atoms with Crippen LogP contribution < -0.4 is 5.73 Å². The summed E-state index contributed by atoms with van der Waals surface area (Å²) in [5, 5.41) is 4.10. The molecule has 0 unspecified atom stereocenters. The molecule has 1 aliphatic rings. The number of rotatable bonds is 3. The van der Waals surface area contributed by atoms with Gasteiger partial charge in [0.15, 0.2) is 0 Å². The zero-order valence-corrected chi connectivity index (χ0v) is 10.9. The highest BCUT2D eigenvalue weighted by molar-refractivity contribution is 5.97. The summed E-state index contributed by atoms with van der Waals surface area (Å²) in [5.74, 6) is -0.0567. The van der Waals surface area contributed by atoms with Gasteiger partial charge in [-0.3, -0.25) is 9.48 Å². The van der Waals surface area contributed by atoms with Gasteiger partial charge in [0, 0.05) is 32.8 Å². The molecule has 100 valence electrons. The van der Waals surface area contributed by atoms with Crippen molar-refractivity contribution in [3.63, 3.8) is 0 Å². The number of aromatic nitrogens is 2. The summed E-state index contributed by atoms with van der Waals surface area (Å²) >= 11 is 0. The molecule has 2 heterocycles. The molecular formula is C12H20N4O2. The summed E-state index contributed by atoms with van der Waals surface area (Å²) < 4.78 is 6.96. The summed E-state index contributed by atoms with van der Waals surface area (Å²) in [4.78, 5) is 14.2. The van der Waals surface area contributed by atoms with Crippen LogP contribution in [0.1, 0.15) is 30.3 Å². The van der Waals surface area contributed by atoms with Crippen molar-refractivity contribution < 1.29 is 9.53 Å². The van der Waals surface area contributed by atoms with Crippen molar-refractivity contribution in [2.75, 3.05) is 26.0 Å². The lowest BCUT2D eigenvalue weighted by atomic mass is 10.1. The molecule has 1 fully saturated rings. The van der Waals surface area contributed by atoms with Crippen LogP contribution in [0.15, 0.2) is 6.20 Å². The second-order valence-electron chi connectivity index (χ2n) is 4.52. The Morgan fingerprint density at radius 2 is 2.28 bits per heavy atom. The van der Waals surface area contributed by atoms with Crippen LogP contribution in [0.2, 0.25) is 0 Å². The topological polar surface area (TPSA) is 73.4 Å². The average molecular weight is 252 g/mol. The Kier molecular flexibility index (Phi) is 3.86. The van der Waals surface area contributed by atoms with Crippen LogP contribution >= 0.6 is 0 Å². The molecule has 0 radical (unpaired) electrons. The number of nitrogens with two attached hydrogens (primary N) is 1. The quantitative estimate of drug-likeness (QED) is 0.861. The Balaban J connectivity index is 2.16. The molecule has 0 bridgehead atoms.